The van der Waals surface area contributed by atoms with Crippen LogP contribution in [0, 0.1) is 5.92 Å². The predicted molar refractivity (Wildman–Crippen MR) is 101 cm³/mol. The first-order chi connectivity index (χ1) is 13.4. The molecule has 28 heavy (non-hydrogen) atoms. The lowest BCUT2D eigenvalue weighted by atomic mass is 9.98. The van der Waals surface area contributed by atoms with Crippen molar-refractivity contribution >= 4 is 33.5 Å². The van der Waals surface area contributed by atoms with Gasteiger partial charge in [-0.05, 0) is 43.0 Å². The second kappa shape index (κ2) is 7.50. The number of piperidine rings is 1. The lowest BCUT2D eigenvalue weighted by Crippen LogP contribution is -2.36. The lowest BCUT2D eigenvalue weighted by Gasteiger charge is -2.31. The first-order valence-corrected chi connectivity index (χ1v) is 9.55. The van der Waals surface area contributed by atoms with Crippen molar-refractivity contribution in [3.8, 4) is 0 Å². The molecule has 1 fully saturated rings. The summed E-state index contributed by atoms with van der Waals surface area (Å²) in [7, 11) is 0. The number of aliphatic hydroxyl groups is 1. The zero-order valence-corrected chi connectivity index (χ0v) is 15.8. The van der Waals surface area contributed by atoms with Crippen molar-refractivity contribution in [3.63, 3.8) is 0 Å². The molecule has 0 radical (unpaired) electrons. The number of likely N-dealkylation sites (tertiary alicyclic amines) is 1. The summed E-state index contributed by atoms with van der Waals surface area (Å²) in [6.07, 6.45) is -1.07. The molecule has 9 heteroatoms. The fourth-order valence-corrected chi connectivity index (χ4v) is 4.30. The quantitative estimate of drug-likeness (QED) is 0.658. The number of halogens is 4. The Labute approximate surface area is 164 Å². The van der Waals surface area contributed by atoms with Gasteiger partial charge in [-0.15, -0.1) is 0 Å². The Hall–Kier alpha value is -1.90. The smallest absolute Gasteiger partial charge is 0.396 e. The Morgan fingerprint density at radius 3 is 2.82 bits per heavy atom. The van der Waals surface area contributed by atoms with Gasteiger partial charge in [0, 0.05) is 25.1 Å². The number of benzene rings is 1. The maximum Gasteiger partial charge on any atom is 0.406 e. The molecule has 1 aliphatic rings. The Morgan fingerprint density at radius 1 is 1.25 bits per heavy atom. The molecule has 5 nitrogen and oxygen atoms in total. The van der Waals surface area contributed by atoms with Gasteiger partial charge in [0.15, 0.2) is 5.15 Å². The third kappa shape index (κ3) is 3.81. The first-order valence-electron chi connectivity index (χ1n) is 9.17. The van der Waals surface area contributed by atoms with Crippen LogP contribution < -0.4 is 0 Å². The summed E-state index contributed by atoms with van der Waals surface area (Å²) in [6, 6.07) is 5.43. The SMILES string of the molecule is OC[C@H]1CCCN(Cc2ccc3c(c2)c2ncnc(Cl)c2n3CC(F)(F)F)C1. The van der Waals surface area contributed by atoms with Crippen molar-refractivity contribution in [2.24, 2.45) is 5.92 Å². The third-order valence-corrected chi connectivity index (χ3v) is 5.54. The number of hydrogen-bond donors (Lipinski definition) is 1. The molecule has 0 amide bonds. The fourth-order valence-electron chi connectivity index (χ4n) is 4.07. The molecule has 3 aromatic rings. The molecule has 1 aromatic carbocycles. The molecular formula is C19H20ClF3N4O. The van der Waals surface area contributed by atoms with E-state index in [4.69, 9.17) is 11.6 Å². The van der Waals surface area contributed by atoms with Gasteiger partial charge in [-0.1, -0.05) is 17.7 Å². The average molecular weight is 413 g/mol. The number of alkyl halides is 3. The number of nitrogens with zero attached hydrogens (tertiary/aromatic N) is 4. The highest BCUT2D eigenvalue weighted by Gasteiger charge is 2.31. The monoisotopic (exact) mass is 412 g/mol. The summed E-state index contributed by atoms with van der Waals surface area (Å²) >= 11 is 6.12. The van der Waals surface area contributed by atoms with E-state index in [1.54, 1.807) is 6.07 Å². The molecule has 0 unspecified atom stereocenters. The van der Waals surface area contributed by atoms with Gasteiger partial charge in [-0.25, -0.2) is 9.97 Å². The second-order valence-electron chi connectivity index (χ2n) is 7.34. The summed E-state index contributed by atoms with van der Waals surface area (Å²) < 4.78 is 40.5. The van der Waals surface area contributed by atoms with E-state index in [9.17, 15) is 18.3 Å². The number of aliphatic hydroxyl groups excluding tert-OH is 1. The molecule has 1 atom stereocenters. The third-order valence-electron chi connectivity index (χ3n) is 5.26. The number of hydrogen-bond acceptors (Lipinski definition) is 4. The standard InChI is InChI=1S/C19H20ClF3N4O/c20-18-17-16(24-11-25-18)14-6-12(7-26-5-1-2-13(8-26)9-28)3-4-15(14)27(17)10-19(21,22)23/h3-4,6,11,13,28H,1-2,5,7-10H2/t13-/m0/s1. The van der Waals surface area contributed by atoms with Crippen LogP contribution >= 0.6 is 11.6 Å². The van der Waals surface area contributed by atoms with Crippen molar-refractivity contribution in [2.75, 3.05) is 19.7 Å². The molecule has 2 aromatic heterocycles. The number of rotatable bonds is 4. The minimum Gasteiger partial charge on any atom is -0.396 e. The number of fused-ring (bicyclic) bond motifs is 3. The molecule has 4 rings (SSSR count). The predicted octanol–water partition coefficient (Wildman–Crippen LogP) is 4.00. The van der Waals surface area contributed by atoms with E-state index in [-0.39, 0.29) is 23.2 Å². The van der Waals surface area contributed by atoms with Gasteiger partial charge >= 0.3 is 6.18 Å². The zero-order valence-electron chi connectivity index (χ0n) is 15.1. The van der Waals surface area contributed by atoms with Crippen LogP contribution in [0.1, 0.15) is 18.4 Å². The maximum absolute atomic E-state index is 13.1. The van der Waals surface area contributed by atoms with E-state index >= 15 is 0 Å². The van der Waals surface area contributed by atoms with Crippen molar-refractivity contribution in [1.82, 2.24) is 19.4 Å². The molecule has 0 aliphatic carbocycles. The molecule has 1 saturated heterocycles. The van der Waals surface area contributed by atoms with Crippen molar-refractivity contribution < 1.29 is 18.3 Å². The molecule has 3 heterocycles. The Bertz CT molecular complexity index is 1000. The molecule has 1 N–H and O–H groups in total. The summed E-state index contributed by atoms with van der Waals surface area (Å²) in [5.41, 5.74) is 2.05. The molecule has 1 aliphatic heterocycles. The number of aromatic nitrogens is 3. The van der Waals surface area contributed by atoms with E-state index < -0.39 is 12.7 Å². The molecular weight excluding hydrogens is 393 g/mol. The Balaban J connectivity index is 1.75. The fraction of sp³-hybridized carbons (Fsp3) is 0.474. The molecule has 0 bridgehead atoms. The van der Waals surface area contributed by atoms with Crippen LogP contribution in [0.3, 0.4) is 0 Å². The van der Waals surface area contributed by atoms with Crippen LogP contribution in [0.5, 0.6) is 0 Å². The van der Waals surface area contributed by atoms with Crippen molar-refractivity contribution in [2.45, 2.75) is 32.1 Å². The van der Waals surface area contributed by atoms with Crippen LogP contribution in [-0.4, -0.2) is 50.4 Å². The highest BCUT2D eigenvalue weighted by molar-refractivity contribution is 6.34. The van der Waals surface area contributed by atoms with Gasteiger partial charge in [0.25, 0.3) is 0 Å². The average Bonchev–Trinajstić information content (AvgIpc) is 2.95. The summed E-state index contributed by atoms with van der Waals surface area (Å²) in [5, 5.41) is 10.1. The molecule has 150 valence electrons. The minimum absolute atomic E-state index is 0.00816. The first kappa shape index (κ1) is 19.4. The van der Waals surface area contributed by atoms with Gasteiger partial charge < -0.3 is 9.67 Å². The minimum atomic E-state index is -4.39. The molecule has 0 spiro atoms. The summed E-state index contributed by atoms with van der Waals surface area (Å²) in [5.74, 6) is 0.276. The van der Waals surface area contributed by atoms with Crippen LogP contribution in [0.4, 0.5) is 13.2 Å². The van der Waals surface area contributed by atoms with Gasteiger partial charge in [0.1, 0.15) is 23.9 Å². The Morgan fingerprint density at radius 2 is 2.07 bits per heavy atom. The molecule has 0 saturated carbocycles. The maximum atomic E-state index is 13.1. The van der Waals surface area contributed by atoms with Crippen LogP contribution in [0.2, 0.25) is 5.15 Å². The summed E-state index contributed by atoms with van der Waals surface area (Å²) in [4.78, 5) is 10.3. The summed E-state index contributed by atoms with van der Waals surface area (Å²) in [6.45, 7) is 1.47. The van der Waals surface area contributed by atoms with Crippen molar-refractivity contribution in [1.29, 1.82) is 0 Å². The largest absolute Gasteiger partial charge is 0.406 e. The van der Waals surface area contributed by atoms with Crippen LogP contribution in [0.25, 0.3) is 21.9 Å². The van der Waals surface area contributed by atoms with E-state index in [2.05, 4.69) is 14.9 Å². The van der Waals surface area contributed by atoms with Crippen molar-refractivity contribution in [3.05, 3.63) is 35.2 Å². The van der Waals surface area contributed by atoms with E-state index in [1.165, 1.54) is 6.33 Å². The lowest BCUT2D eigenvalue weighted by molar-refractivity contribution is -0.139. The Kier molecular flexibility index (Phi) is 5.20. The normalized spacial score (nSPS) is 19.0. The van der Waals surface area contributed by atoms with Gasteiger partial charge in [-0.2, -0.15) is 13.2 Å². The second-order valence-corrected chi connectivity index (χ2v) is 7.70. The van der Waals surface area contributed by atoms with Crippen LogP contribution in [-0.2, 0) is 13.1 Å². The van der Waals surface area contributed by atoms with E-state index in [0.29, 0.717) is 23.0 Å². The highest BCUT2D eigenvalue weighted by atomic mass is 35.5. The van der Waals surface area contributed by atoms with Gasteiger partial charge in [0.05, 0.1) is 5.52 Å². The highest BCUT2D eigenvalue weighted by Crippen LogP contribution is 2.34. The van der Waals surface area contributed by atoms with Crippen LogP contribution in [0.15, 0.2) is 24.5 Å². The van der Waals surface area contributed by atoms with E-state index in [1.807, 2.05) is 12.1 Å². The topological polar surface area (TPSA) is 54.2 Å². The van der Waals surface area contributed by atoms with E-state index in [0.717, 1.165) is 36.1 Å². The van der Waals surface area contributed by atoms with Gasteiger partial charge in [0.2, 0.25) is 0 Å². The van der Waals surface area contributed by atoms with Gasteiger partial charge in [-0.3, -0.25) is 4.90 Å². The zero-order chi connectivity index (χ0) is 19.9.